The Morgan fingerprint density at radius 3 is 2.38 bits per heavy atom. The first-order valence-electron chi connectivity index (χ1n) is 9.83. The van der Waals surface area contributed by atoms with Crippen LogP contribution in [0.3, 0.4) is 0 Å². The fourth-order valence-electron chi connectivity index (χ4n) is 4.00. The van der Waals surface area contributed by atoms with Gasteiger partial charge in [0.05, 0.1) is 13.0 Å². The van der Waals surface area contributed by atoms with E-state index < -0.39 is 0 Å². The van der Waals surface area contributed by atoms with E-state index in [1.165, 1.54) is 17.7 Å². The molecule has 3 nitrogen and oxygen atoms in total. The Balaban J connectivity index is 1.84. The molecule has 0 spiro atoms. The number of benzene rings is 3. The molecular weight excluding hydrogens is 360 g/mol. The third-order valence-corrected chi connectivity index (χ3v) is 5.36. The average molecular weight is 384 g/mol. The van der Waals surface area contributed by atoms with Crippen LogP contribution in [0.1, 0.15) is 36.3 Å². The normalized spacial score (nSPS) is 18.8. The van der Waals surface area contributed by atoms with Gasteiger partial charge in [-0.2, -0.15) is 0 Å². The quantitative estimate of drug-likeness (QED) is 0.401. The van der Waals surface area contributed by atoms with E-state index in [0.29, 0.717) is 5.76 Å². The van der Waals surface area contributed by atoms with Gasteiger partial charge in [0.15, 0.2) is 0 Å². The maximum absolute atomic E-state index is 11.8. The molecule has 0 radical (unpaired) electrons. The molecule has 0 saturated carbocycles. The van der Waals surface area contributed by atoms with Crippen LogP contribution in [0, 0.1) is 0 Å². The van der Waals surface area contributed by atoms with E-state index in [-0.39, 0.29) is 17.8 Å². The van der Waals surface area contributed by atoms with Crippen LogP contribution in [0.4, 0.5) is 0 Å². The van der Waals surface area contributed by atoms with E-state index in [9.17, 15) is 4.79 Å². The van der Waals surface area contributed by atoms with Crippen LogP contribution in [0.2, 0.25) is 0 Å². The summed E-state index contributed by atoms with van der Waals surface area (Å²) in [4.78, 5) is 11.8. The zero-order chi connectivity index (χ0) is 20.2. The number of esters is 1. The van der Waals surface area contributed by atoms with Gasteiger partial charge in [0.25, 0.3) is 0 Å². The maximum Gasteiger partial charge on any atom is 0.307 e. The lowest BCUT2D eigenvalue weighted by Gasteiger charge is -2.27. The van der Waals surface area contributed by atoms with Crippen LogP contribution >= 0.6 is 0 Å². The molecule has 0 fully saturated rings. The molecule has 0 aromatic heterocycles. The van der Waals surface area contributed by atoms with Crippen molar-refractivity contribution < 1.29 is 14.3 Å². The number of fused-ring (bicyclic) bond motifs is 1. The number of hydrogen-bond donors (Lipinski definition) is 0. The molecule has 1 aliphatic rings. The first-order chi connectivity index (χ1) is 14.2. The third-order valence-electron chi connectivity index (χ3n) is 5.36. The first kappa shape index (κ1) is 19.0. The second kappa shape index (κ2) is 8.36. The van der Waals surface area contributed by atoms with Crippen molar-refractivity contribution in [3.63, 3.8) is 0 Å². The highest BCUT2D eigenvalue weighted by atomic mass is 16.5. The Bertz CT molecular complexity index is 1080. The monoisotopic (exact) mass is 384 g/mol. The summed E-state index contributed by atoms with van der Waals surface area (Å²) < 4.78 is 11.0. The van der Waals surface area contributed by atoms with Gasteiger partial charge in [-0.3, -0.25) is 4.79 Å². The van der Waals surface area contributed by atoms with Crippen molar-refractivity contribution in [1.82, 2.24) is 0 Å². The van der Waals surface area contributed by atoms with E-state index in [2.05, 4.69) is 54.6 Å². The Labute approximate surface area is 171 Å². The molecule has 3 aromatic carbocycles. The fraction of sp³-hybridized carbons (Fsp3) is 0.192. The lowest BCUT2D eigenvalue weighted by atomic mass is 9.80. The molecule has 1 aliphatic carbocycles. The second-order valence-electron chi connectivity index (χ2n) is 7.25. The second-order valence-corrected chi connectivity index (χ2v) is 7.25. The Morgan fingerprint density at radius 2 is 1.66 bits per heavy atom. The van der Waals surface area contributed by atoms with Crippen LogP contribution in [-0.4, -0.2) is 13.1 Å². The van der Waals surface area contributed by atoms with Crippen molar-refractivity contribution in [2.75, 3.05) is 7.11 Å². The smallest absolute Gasteiger partial charge is 0.307 e. The molecule has 3 aromatic rings. The number of ether oxygens (including phenoxy) is 2. The summed E-state index contributed by atoms with van der Waals surface area (Å²) in [6.45, 7) is 1.46. The van der Waals surface area contributed by atoms with Crippen molar-refractivity contribution in [3.05, 3.63) is 102 Å². The van der Waals surface area contributed by atoms with Crippen molar-refractivity contribution in [2.45, 2.75) is 25.2 Å². The number of carbonyl (C=O) groups excluding carboxylic acids is 1. The van der Waals surface area contributed by atoms with Crippen LogP contribution in [0.25, 0.3) is 10.8 Å². The Kier molecular flexibility index (Phi) is 5.48. The summed E-state index contributed by atoms with van der Waals surface area (Å²) in [7, 11) is 1.67. The highest BCUT2D eigenvalue weighted by Crippen LogP contribution is 2.43. The minimum absolute atomic E-state index is 0.0511. The van der Waals surface area contributed by atoms with Crippen molar-refractivity contribution in [3.8, 4) is 5.75 Å². The topological polar surface area (TPSA) is 35.5 Å². The molecule has 0 saturated heterocycles. The van der Waals surface area contributed by atoms with E-state index in [0.717, 1.165) is 23.3 Å². The van der Waals surface area contributed by atoms with Gasteiger partial charge < -0.3 is 9.47 Å². The molecule has 0 amide bonds. The molecule has 3 heteroatoms. The Morgan fingerprint density at radius 1 is 0.931 bits per heavy atom. The lowest BCUT2D eigenvalue weighted by Crippen LogP contribution is -2.15. The zero-order valence-corrected chi connectivity index (χ0v) is 16.7. The predicted octanol–water partition coefficient (Wildman–Crippen LogP) is 6.12. The SMILES string of the molecule is COc1ccc([C@H]2C=CCC=C(OC(C)=O)[C@H]2c2ccc3ccccc3c2)cc1. The standard InChI is InChI=1S/C26H24O3/c1-18(27)29-25-10-6-5-9-24(20-13-15-23(28-2)16-14-20)26(25)22-12-11-19-7-3-4-8-21(19)17-22/h3-5,7-17,24,26H,6H2,1-2H3/t24-,26+/m1/s1. The van der Waals surface area contributed by atoms with Gasteiger partial charge >= 0.3 is 5.97 Å². The van der Waals surface area contributed by atoms with Crippen LogP contribution < -0.4 is 4.74 Å². The number of methoxy groups -OCH3 is 1. The first-order valence-corrected chi connectivity index (χ1v) is 9.83. The van der Waals surface area contributed by atoms with Gasteiger partial charge in [0.2, 0.25) is 0 Å². The third kappa shape index (κ3) is 4.09. The van der Waals surface area contributed by atoms with Gasteiger partial charge in [0, 0.05) is 12.8 Å². The van der Waals surface area contributed by atoms with Gasteiger partial charge in [-0.25, -0.2) is 0 Å². The molecular formula is C26H24O3. The van der Waals surface area contributed by atoms with Crippen molar-refractivity contribution >= 4 is 16.7 Å². The van der Waals surface area contributed by atoms with Crippen molar-refractivity contribution in [2.24, 2.45) is 0 Å². The number of rotatable bonds is 4. The van der Waals surface area contributed by atoms with E-state index >= 15 is 0 Å². The highest BCUT2D eigenvalue weighted by Gasteiger charge is 2.30. The molecule has 2 atom stereocenters. The number of allylic oxidation sites excluding steroid dienone is 4. The van der Waals surface area contributed by atoms with Crippen LogP contribution in [0.5, 0.6) is 5.75 Å². The minimum Gasteiger partial charge on any atom is -0.497 e. The zero-order valence-electron chi connectivity index (χ0n) is 16.7. The van der Waals surface area contributed by atoms with Gasteiger partial charge in [-0.1, -0.05) is 66.7 Å². The molecule has 0 aliphatic heterocycles. The summed E-state index contributed by atoms with van der Waals surface area (Å²) in [6, 6.07) is 22.9. The van der Waals surface area contributed by atoms with E-state index in [1.54, 1.807) is 7.11 Å². The summed E-state index contributed by atoms with van der Waals surface area (Å²) in [5.74, 6) is 1.20. The number of hydrogen-bond acceptors (Lipinski definition) is 3. The summed E-state index contributed by atoms with van der Waals surface area (Å²) in [6.07, 6.45) is 7.11. The van der Waals surface area contributed by atoms with E-state index in [1.807, 2.05) is 30.3 Å². The predicted molar refractivity (Wildman–Crippen MR) is 116 cm³/mol. The molecule has 4 rings (SSSR count). The summed E-state index contributed by atoms with van der Waals surface area (Å²) in [5, 5.41) is 2.37. The largest absolute Gasteiger partial charge is 0.497 e. The summed E-state index contributed by atoms with van der Waals surface area (Å²) in [5.41, 5.74) is 2.28. The number of carbonyl (C=O) groups is 1. The molecule has 0 N–H and O–H groups in total. The summed E-state index contributed by atoms with van der Waals surface area (Å²) >= 11 is 0. The fourth-order valence-corrected chi connectivity index (χ4v) is 4.00. The van der Waals surface area contributed by atoms with Gasteiger partial charge in [0.1, 0.15) is 11.5 Å². The molecule has 146 valence electrons. The molecule has 0 heterocycles. The maximum atomic E-state index is 11.8. The van der Waals surface area contributed by atoms with E-state index in [4.69, 9.17) is 9.47 Å². The minimum atomic E-state index is -0.294. The Hall–Kier alpha value is -3.33. The van der Waals surface area contributed by atoms with Crippen molar-refractivity contribution in [1.29, 1.82) is 0 Å². The van der Waals surface area contributed by atoms with Gasteiger partial charge in [-0.05, 0) is 46.5 Å². The molecule has 0 unspecified atom stereocenters. The van der Waals surface area contributed by atoms with Gasteiger partial charge in [-0.15, -0.1) is 0 Å². The van der Waals surface area contributed by atoms with Crippen LogP contribution in [0.15, 0.2) is 90.7 Å². The molecule has 29 heavy (non-hydrogen) atoms. The average Bonchev–Trinajstić information content (AvgIpc) is 2.95. The molecule has 0 bridgehead atoms. The highest BCUT2D eigenvalue weighted by molar-refractivity contribution is 5.83. The van der Waals surface area contributed by atoms with Crippen LogP contribution in [-0.2, 0) is 9.53 Å². The lowest BCUT2D eigenvalue weighted by molar-refractivity contribution is -0.137.